The molecular formula is C16H23ClO3. The van der Waals surface area contributed by atoms with Crippen LogP contribution >= 0.6 is 11.6 Å². The van der Waals surface area contributed by atoms with Crippen LogP contribution in [0, 0.1) is 5.92 Å². The molecule has 0 radical (unpaired) electrons. The number of alkyl halides is 1. The topological polar surface area (TPSA) is 35.5 Å². The van der Waals surface area contributed by atoms with E-state index in [9.17, 15) is 4.79 Å². The number of ether oxygens (including phenoxy) is 2. The van der Waals surface area contributed by atoms with Gasteiger partial charge in [0.15, 0.2) is 0 Å². The van der Waals surface area contributed by atoms with E-state index in [1.54, 1.807) is 12.1 Å². The lowest BCUT2D eigenvalue weighted by Crippen LogP contribution is -2.24. The standard InChI is InChI=1S/C16H23ClO3/c1-13(2)9-5-4-8-12-19-16(18)15(17)20-14-10-6-3-7-11-14/h3,6-7,10-11,13,15H,4-5,8-9,12H2,1-2H3. The third kappa shape index (κ3) is 7.39. The third-order valence-corrected chi connectivity index (χ3v) is 3.11. The molecule has 0 aliphatic heterocycles. The van der Waals surface area contributed by atoms with Crippen LogP contribution in [-0.2, 0) is 9.53 Å². The minimum Gasteiger partial charge on any atom is -0.463 e. The Bertz CT molecular complexity index is 379. The van der Waals surface area contributed by atoms with Crippen LogP contribution < -0.4 is 4.74 Å². The summed E-state index contributed by atoms with van der Waals surface area (Å²) < 4.78 is 10.4. The maximum Gasteiger partial charge on any atom is 0.363 e. The summed E-state index contributed by atoms with van der Waals surface area (Å²) in [6.45, 7) is 4.82. The Labute approximate surface area is 126 Å². The molecule has 1 rings (SSSR count). The first-order valence-corrected chi connectivity index (χ1v) is 7.55. The SMILES string of the molecule is CC(C)CCCCCOC(=O)C(Cl)Oc1ccccc1. The first-order valence-electron chi connectivity index (χ1n) is 7.12. The van der Waals surface area contributed by atoms with E-state index in [0.29, 0.717) is 12.4 Å². The van der Waals surface area contributed by atoms with Gasteiger partial charge in [0.25, 0.3) is 5.56 Å². The average molecular weight is 299 g/mol. The molecular weight excluding hydrogens is 276 g/mol. The van der Waals surface area contributed by atoms with Crippen LogP contribution in [0.4, 0.5) is 0 Å². The van der Waals surface area contributed by atoms with Crippen molar-refractivity contribution in [1.29, 1.82) is 0 Å². The van der Waals surface area contributed by atoms with E-state index < -0.39 is 11.5 Å². The van der Waals surface area contributed by atoms with Gasteiger partial charge in [-0.15, -0.1) is 0 Å². The third-order valence-electron chi connectivity index (χ3n) is 2.84. The highest BCUT2D eigenvalue weighted by molar-refractivity contribution is 6.28. The van der Waals surface area contributed by atoms with E-state index >= 15 is 0 Å². The molecule has 0 N–H and O–H groups in total. The van der Waals surface area contributed by atoms with Gasteiger partial charge in [-0.3, -0.25) is 0 Å². The fraction of sp³-hybridized carbons (Fsp3) is 0.562. The number of benzene rings is 1. The van der Waals surface area contributed by atoms with Crippen LogP contribution in [0.2, 0.25) is 0 Å². The molecule has 0 aliphatic carbocycles. The van der Waals surface area contributed by atoms with Crippen LogP contribution in [0.5, 0.6) is 5.75 Å². The van der Waals surface area contributed by atoms with Crippen molar-refractivity contribution in [3.8, 4) is 5.75 Å². The first-order chi connectivity index (χ1) is 9.59. The van der Waals surface area contributed by atoms with Crippen molar-refractivity contribution < 1.29 is 14.3 Å². The molecule has 0 bridgehead atoms. The van der Waals surface area contributed by atoms with Crippen molar-refractivity contribution in [3.05, 3.63) is 30.3 Å². The lowest BCUT2D eigenvalue weighted by Gasteiger charge is -2.12. The van der Waals surface area contributed by atoms with E-state index in [2.05, 4.69) is 13.8 Å². The fourth-order valence-electron chi connectivity index (χ4n) is 1.74. The van der Waals surface area contributed by atoms with Crippen molar-refractivity contribution in [2.75, 3.05) is 6.61 Å². The normalized spacial score (nSPS) is 12.2. The number of carbonyl (C=O) groups excluding carboxylic acids is 1. The van der Waals surface area contributed by atoms with Gasteiger partial charge >= 0.3 is 5.97 Å². The number of hydrogen-bond acceptors (Lipinski definition) is 3. The Kier molecular flexibility index (Phi) is 8.12. The van der Waals surface area contributed by atoms with Crippen LogP contribution in [-0.4, -0.2) is 18.1 Å². The summed E-state index contributed by atoms with van der Waals surface area (Å²) in [5.74, 6) is 0.754. The summed E-state index contributed by atoms with van der Waals surface area (Å²) in [7, 11) is 0. The molecule has 4 heteroatoms. The van der Waals surface area contributed by atoms with Gasteiger partial charge in [0, 0.05) is 0 Å². The van der Waals surface area contributed by atoms with Crippen molar-refractivity contribution in [2.45, 2.75) is 45.1 Å². The van der Waals surface area contributed by atoms with Crippen LogP contribution in [0.25, 0.3) is 0 Å². The summed E-state index contributed by atoms with van der Waals surface area (Å²) in [5.41, 5.74) is -1.09. The molecule has 0 fully saturated rings. The monoisotopic (exact) mass is 298 g/mol. The number of esters is 1. The van der Waals surface area contributed by atoms with Crippen LogP contribution in [0.3, 0.4) is 0 Å². The number of halogens is 1. The Hall–Kier alpha value is -1.22. The second kappa shape index (κ2) is 9.65. The molecule has 0 saturated heterocycles. The van der Waals surface area contributed by atoms with E-state index in [1.165, 1.54) is 12.8 Å². The molecule has 0 aromatic heterocycles. The molecule has 20 heavy (non-hydrogen) atoms. The van der Waals surface area contributed by atoms with Gasteiger partial charge < -0.3 is 9.47 Å². The van der Waals surface area contributed by atoms with E-state index in [-0.39, 0.29) is 0 Å². The zero-order chi connectivity index (χ0) is 14.8. The Morgan fingerprint density at radius 2 is 1.85 bits per heavy atom. The minimum atomic E-state index is -1.09. The molecule has 0 saturated carbocycles. The Balaban J connectivity index is 2.13. The van der Waals surface area contributed by atoms with Gasteiger partial charge in [-0.2, -0.15) is 0 Å². The molecule has 1 atom stereocenters. The van der Waals surface area contributed by atoms with Gasteiger partial charge in [-0.25, -0.2) is 4.79 Å². The molecule has 0 amide bonds. The molecule has 0 heterocycles. The van der Waals surface area contributed by atoms with Gasteiger partial charge in [-0.05, 0) is 24.5 Å². The Morgan fingerprint density at radius 3 is 2.50 bits per heavy atom. The van der Waals surface area contributed by atoms with Gasteiger partial charge in [0.2, 0.25) is 0 Å². The smallest absolute Gasteiger partial charge is 0.363 e. The number of para-hydroxylation sites is 1. The largest absolute Gasteiger partial charge is 0.463 e. The quantitative estimate of drug-likeness (QED) is 0.385. The van der Waals surface area contributed by atoms with Gasteiger partial charge in [-0.1, -0.05) is 62.9 Å². The van der Waals surface area contributed by atoms with Crippen LogP contribution in [0.15, 0.2) is 30.3 Å². The summed E-state index contributed by atoms with van der Waals surface area (Å²) in [6, 6.07) is 8.99. The Morgan fingerprint density at radius 1 is 1.15 bits per heavy atom. The number of carbonyl (C=O) groups is 1. The molecule has 112 valence electrons. The number of unbranched alkanes of at least 4 members (excludes halogenated alkanes) is 2. The zero-order valence-electron chi connectivity index (χ0n) is 12.2. The van der Waals surface area contributed by atoms with Crippen molar-refractivity contribution in [3.63, 3.8) is 0 Å². The predicted molar refractivity (Wildman–Crippen MR) is 81.0 cm³/mol. The molecule has 1 unspecified atom stereocenters. The van der Waals surface area contributed by atoms with Crippen molar-refractivity contribution in [1.82, 2.24) is 0 Å². The predicted octanol–water partition coefficient (Wildman–Crippen LogP) is 4.39. The highest BCUT2D eigenvalue weighted by atomic mass is 35.5. The second-order valence-electron chi connectivity index (χ2n) is 5.16. The molecule has 0 aliphatic rings. The van der Waals surface area contributed by atoms with Gasteiger partial charge in [0.05, 0.1) is 6.61 Å². The summed E-state index contributed by atoms with van der Waals surface area (Å²) >= 11 is 5.85. The molecule has 0 spiro atoms. The lowest BCUT2D eigenvalue weighted by atomic mass is 10.1. The zero-order valence-corrected chi connectivity index (χ0v) is 12.9. The summed E-state index contributed by atoms with van der Waals surface area (Å²) in [6.07, 6.45) is 4.31. The first kappa shape index (κ1) is 16.8. The lowest BCUT2D eigenvalue weighted by molar-refractivity contribution is -0.148. The summed E-state index contributed by atoms with van der Waals surface area (Å²) in [5, 5.41) is 0. The maximum atomic E-state index is 11.6. The van der Waals surface area contributed by atoms with Crippen LogP contribution in [0.1, 0.15) is 39.5 Å². The highest BCUT2D eigenvalue weighted by Gasteiger charge is 2.18. The minimum absolute atomic E-state index is 0.401. The summed E-state index contributed by atoms with van der Waals surface area (Å²) in [4.78, 5) is 11.6. The van der Waals surface area contributed by atoms with Crippen molar-refractivity contribution >= 4 is 17.6 Å². The van der Waals surface area contributed by atoms with E-state index in [4.69, 9.17) is 21.1 Å². The van der Waals surface area contributed by atoms with Crippen molar-refractivity contribution in [2.24, 2.45) is 5.92 Å². The maximum absolute atomic E-state index is 11.6. The molecule has 1 aromatic carbocycles. The average Bonchev–Trinajstić information content (AvgIpc) is 2.43. The van der Waals surface area contributed by atoms with E-state index in [0.717, 1.165) is 18.8 Å². The molecule has 1 aromatic rings. The highest BCUT2D eigenvalue weighted by Crippen LogP contribution is 2.14. The van der Waals surface area contributed by atoms with Gasteiger partial charge in [0.1, 0.15) is 5.75 Å². The number of hydrogen-bond donors (Lipinski definition) is 0. The van der Waals surface area contributed by atoms with E-state index in [1.807, 2.05) is 18.2 Å². The second-order valence-corrected chi connectivity index (χ2v) is 5.55. The number of rotatable bonds is 9. The molecule has 3 nitrogen and oxygen atoms in total. The fourth-order valence-corrected chi connectivity index (χ4v) is 1.90.